The summed E-state index contributed by atoms with van der Waals surface area (Å²) in [6, 6.07) is 14.2. The van der Waals surface area contributed by atoms with Crippen molar-refractivity contribution in [1.82, 2.24) is 4.98 Å². The molecule has 3 aromatic rings. The Hall–Kier alpha value is -1.97. The second kappa shape index (κ2) is 7.07. The number of para-hydroxylation sites is 1. The van der Waals surface area contributed by atoms with Crippen LogP contribution in [0.25, 0.3) is 22.2 Å². The Balaban J connectivity index is 2.09. The van der Waals surface area contributed by atoms with Gasteiger partial charge in [-0.1, -0.05) is 23.7 Å². The SMILES string of the molecule is COc1ccc(-c2[nH]c3c(Cl)cccc3c2CCCCN)cc1. The van der Waals surface area contributed by atoms with Crippen LogP contribution in [-0.4, -0.2) is 18.6 Å². The molecule has 4 heteroatoms. The molecule has 0 radical (unpaired) electrons. The lowest BCUT2D eigenvalue weighted by Crippen LogP contribution is -1.99. The second-order valence-corrected chi connectivity index (χ2v) is 6.02. The van der Waals surface area contributed by atoms with E-state index in [-0.39, 0.29) is 0 Å². The molecule has 0 atom stereocenters. The van der Waals surface area contributed by atoms with Gasteiger partial charge >= 0.3 is 0 Å². The van der Waals surface area contributed by atoms with Crippen molar-refractivity contribution in [2.75, 3.05) is 13.7 Å². The van der Waals surface area contributed by atoms with E-state index in [2.05, 4.69) is 23.2 Å². The average molecular weight is 329 g/mol. The van der Waals surface area contributed by atoms with Crippen molar-refractivity contribution in [1.29, 1.82) is 0 Å². The molecule has 3 nitrogen and oxygen atoms in total. The highest BCUT2D eigenvalue weighted by atomic mass is 35.5. The fourth-order valence-corrected chi connectivity index (χ4v) is 3.17. The number of ether oxygens (including phenoxy) is 1. The molecule has 0 saturated carbocycles. The molecule has 0 unspecified atom stereocenters. The third-order valence-electron chi connectivity index (χ3n) is 4.15. The smallest absolute Gasteiger partial charge is 0.118 e. The fourth-order valence-electron chi connectivity index (χ4n) is 2.95. The maximum absolute atomic E-state index is 6.37. The molecule has 0 aliphatic heterocycles. The number of nitrogens with one attached hydrogen (secondary N) is 1. The Morgan fingerprint density at radius 3 is 2.57 bits per heavy atom. The maximum Gasteiger partial charge on any atom is 0.118 e. The molecule has 3 N–H and O–H groups in total. The second-order valence-electron chi connectivity index (χ2n) is 5.62. The van der Waals surface area contributed by atoms with Gasteiger partial charge in [-0.15, -0.1) is 0 Å². The average Bonchev–Trinajstić information content (AvgIpc) is 2.95. The first-order valence-electron chi connectivity index (χ1n) is 7.88. The fraction of sp³-hybridized carbons (Fsp3) is 0.263. The van der Waals surface area contributed by atoms with Crippen LogP contribution >= 0.6 is 11.6 Å². The number of fused-ring (bicyclic) bond motifs is 1. The number of methoxy groups -OCH3 is 1. The number of hydrogen-bond donors (Lipinski definition) is 2. The zero-order chi connectivity index (χ0) is 16.2. The Morgan fingerprint density at radius 1 is 1.09 bits per heavy atom. The Labute approximate surface area is 141 Å². The predicted octanol–water partition coefficient (Wildman–Crippen LogP) is 4.78. The third kappa shape index (κ3) is 3.21. The van der Waals surface area contributed by atoms with Gasteiger partial charge in [-0.05, 0) is 67.3 Å². The zero-order valence-electron chi connectivity index (χ0n) is 13.2. The topological polar surface area (TPSA) is 51.0 Å². The van der Waals surface area contributed by atoms with Crippen molar-refractivity contribution in [3.05, 3.63) is 53.1 Å². The summed E-state index contributed by atoms with van der Waals surface area (Å²) in [6.07, 6.45) is 3.08. The van der Waals surface area contributed by atoms with Gasteiger partial charge in [0.05, 0.1) is 17.6 Å². The summed E-state index contributed by atoms with van der Waals surface area (Å²) in [5, 5.41) is 1.95. The molecule has 0 bridgehead atoms. The van der Waals surface area contributed by atoms with Crippen LogP contribution in [0.5, 0.6) is 5.75 Å². The molecule has 0 aliphatic carbocycles. The molecule has 3 rings (SSSR count). The molecule has 0 fully saturated rings. The minimum Gasteiger partial charge on any atom is -0.497 e. The monoisotopic (exact) mass is 328 g/mol. The number of aromatic amines is 1. The van der Waals surface area contributed by atoms with E-state index < -0.39 is 0 Å². The molecule has 0 amide bonds. The van der Waals surface area contributed by atoms with E-state index in [1.165, 1.54) is 10.9 Å². The van der Waals surface area contributed by atoms with Gasteiger partial charge in [0.15, 0.2) is 0 Å². The summed E-state index contributed by atoms with van der Waals surface area (Å²) in [5.41, 5.74) is 10.2. The predicted molar refractivity (Wildman–Crippen MR) is 97.3 cm³/mol. The highest BCUT2D eigenvalue weighted by Gasteiger charge is 2.14. The molecule has 2 aromatic carbocycles. The van der Waals surface area contributed by atoms with Gasteiger partial charge in [0.2, 0.25) is 0 Å². The number of rotatable bonds is 6. The van der Waals surface area contributed by atoms with Crippen molar-refractivity contribution in [2.45, 2.75) is 19.3 Å². The summed E-state index contributed by atoms with van der Waals surface area (Å²) >= 11 is 6.37. The first-order chi connectivity index (χ1) is 11.2. The van der Waals surface area contributed by atoms with Crippen LogP contribution in [0.15, 0.2) is 42.5 Å². The minimum atomic E-state index is 0.723. The van der Waals surface area contributed by atoms with Crippen molar-refractivity contribution in [3.63, 3.8) is 0 Å². The van der Waals surface area contributed by atoms with E-state index in [1.54, 1.807) is 7.11 Å². The van der Waals surface area contributed by atoms with E-state index >= 15 is 0 Å². The first-order valence-corrected chi connectivity index (χ1v) is 8.26. The largest absolute Gasteiger partial charge is 0.497 e. The zero-order valence-corrected chi connectivity index (χ0v) is 14.0. The van der Waals surface area contributed by atoms with Gasteiger partial charge in [-0.3, -0.25) is 0 Å². The van der Waals surface area contributed by atoms with Crippen molar-refractivity contribution < 1.29 is 4.74 Å². The highest BCUT2D eigenvalue weighted by molar-refractivity contribution is 6.35. The molecular formula is C19H21ClN2O. The van der Waals surface area contributed by atoms with Crippen LogP contribution in [0.4, 0.5) is 0 Å². The standard InChI is InChI=1S/C19H21ClN2O/c1-23-14-10-8-13(9-11-14)18-15(5-2-3-12-21)16-6-4-7-17(20)19(16)22-18/h4,6-11,22H,2-3,5,12,21H2,1H3. The van der Waals surface area contributed by atoms with Crippen LogP contribution in [0, 0.1) is 0 Å². The molecule has 1 aromatic heterocycles. The molecule has 23 heavy (non-hydrogen) atoms. The highest BCUT2D eigenvalue weighted by Crippen LogP contribution is 2.35. The third-order valence-corrected chi connectivity index (χ3v) is 4.47. The van der Waals surface area contributed by atoms with Crippen molar-refractivity contribution in [2.24, 2.45) is 5.73 Å². The summed E-state index contributed by atoms with van der Waals surface area (Å²) in [4.78, 5) is 3.51. The van der Waals surface area contributed by atoms with Gasteiger partial charge < -0.3 is 15.5 Å². The minimum absolute atomic E-state index is 0.723. The number of benzene rings is 2. The first kappa shape index (κ1) is 15.9. The van der Waals surface area contributed by atoms with E-state index in [0.717, 1.165) is 53.4 Å². The van der Waals surface area contributed by atoms with Crippen molar-refractivity contribution >= 4 is 22.5 Å². The van der Waals surface area contributed by atoms with Crippen LogP contribution in [0.1, 0.15) is 18.4 Å². The van der Waals surface area contributed by atoms with E-state index in [9.17, 15) is 0 Å². The number of unbranched alkanes of at least 4 members (excludes halogenated alkanes) is 1. The quantitative estimate of drug-likeness (QED) is 0.640. The Morgan fingerprint density at radius 2 is 1.87 bits per heavy atom. The lowest BCUT2D eigenvalue weighted by atomic mass is 10.0. The number of aromatic nitrogens is 1. The molecule has 0 spiro atoms. The normalized spacial score (nSPS) is 11.1. The molecule has 0 saturated heterocycles. The number of aryl methyl sites for hydroxylation is 1. The van der Waals surface area contributed by atoms with E-state index in [0.29, 0.717) is 0 Å². The van der Waals surface area contributed by atoms with Crippen LogP contribution in [-0.2, 0) is 6.42 Å². The van der Waals surface area contributed by atoms with Crippen LogP contribution < -0.4 is 10.5 Å². The Kier molecular flexibility index (Phi) is 4.89. The molecular weight excluding hydrogens is 308 g/mol. The lowest BCUT2D eigenvalue weighted by Gasteiger charge is -2.06. The van der Waals surface area contributed by atoms with Crippen molar-refractivity contribution in [3.8, 4) is 17.0 Å². The molecule has 0 aliphatic rings. The van der Waals surface area contributed by atoms with Gasteiger partial charge in [-0.25, -0.2) is 0 Å². The van der Waals surface area contributed by atoms with E-state index in [1.807, 2.05) is 24.3 Å². The van der Waals surface area contributed by atoms with Crippen LogP contribution in [0.3, 0.4) is 0 Å². The lowest BCUT2D eigenvalue weighted by molar-refractivity contribution is 0.415. The Bertz CT molecular complexity index is 793. The van der Waals surface area contributed by atoms with Crippen LogP contribution in [0.2, 0.25) is 5.02 Å². The summed E-state index contributed by atoms with van der Waals surface area (Å²) in [5.74, 6) is 0.854. The summed E-state index contributed by atoms with van der Waals surface area (Å²) in [7, 11) is 1.68. The maximum atomic E-state index is 6.37. The number of halogens is 1. The van der Waals surface area contributed by atoms with Gasteiger partial charge in [0.25, 0.3) is 0 Å². The summed E-state index contributed by atoms with van der Waals surface area (Å²) < 4.78 is 5.25. The number of hydrogen-bond acceptors (Lipinski definition) is 2. The number of nitrogens with two attached hydrogens (primary N) is 1. The number of H-pyrrole nitrogens is 1. The molecule has 1 heterocycles. The van der Waals surface area contributed by atoms with Gasteiger partial charge in [-0.2, -0.15) is 0 Å². The van der Waals surface area contributed by atoms with Gasteiger partial charge in [0, 0.05) is 11.1 Å². The van der Waals surface area contributed by atoms with E-state index in [4.69, 9.17) is 22.1 Å². The summed E-state index contributed by atoms with van der Waals surface area (Å²) in [6.45, 7) is 0.723. The van der Waals surface area contributed by atoms with Gasteiger partial charge in [0.1, 0.15) is 5.75 Å². The molecule has 120 valence electrons.